The van der Waals surface area contributed by atoms with Crippen LogP contribution in [0.5, 0.6) is 5.75 Å². The number of fused-ring (bicyclic) bond motifs is 2. The van der Waals surface area contributed by atoms with Crippen LogP contribution in [-0.4, -0.2) is 24.5 Å². The molecule has 0 radical (unpaired) electrons. The van der Waals surface area contributed by atoms with Gasteiger partial charge < -0.3 is 10.1 Å². The normalized spacial score (nSPS) is 19.3. The zero-order chi connectivity index (χ0) is 19.3. The number of nitrogens with one attached hydrogen (secondary N) is 1. The molecule has 1 amide bonds. The number of aromatic nitrogens is 1. The van der Waals surface area contributed by atoms with Crippen molar-refractivity contribution >= 4 is 27.8 Å². The van der Waals surface area contributed by atoms with Gasteiger partial charge in [-0.1, -0.05) is 19.1 Å². The van der Waals surface area contributed by atoms with Crippen LogP contribution in [0.3, 0.4) is 0 Å². The van der Waals surface area contributed by atoms with Crippen molar-refractivity contribution < 1.29 is 13.9 Å². The molecule has 2 aliphatic rings. The Labute approximate surface area is 166 Å². The Balaban J connectivity index is 1.68. The molecule has 6 heteroatoms. The van der Waals surface area contributed by atoms with Crippen molar-refractivity contribution in [3.05, 3.63) is 46.7 Å². The van der Waals surface area contributed by atoms with Gasteiger partial charge in [-0.2, -0.15) is 0 Å². The van der Waals surface area contributed by atoms with Crippen molar-refractivity contribution in [2.75, 3.05) is 13.2 Å². The number of halogens is 1. The summed E-state index contributed by atoms with van der Waals surface area (Å²) in [5.74, 6) is 1.65. The largest absolute Gasteiger partial charge is 0.490 e. The molecule has 3 heterocycles. The lowest BCUT2D eigenvalue weighted by Gasteiger charge is -2.18. The Morgan fingerprint density at radius 2 is 2.29 bits per heavy atom. The fourth-order valence-electron chi connectivity index (χ4n) is 4.15. The molecule has 0 bridgehead atoms. The Hall–Kier alpha value is -2.47. The summed E-state index contributed by atoms with van der Waals surface area (Å²) >= 11 is 1.40. The molecule has 1 N–H and O–H groups in total. The third-order valence-electron chi connectivity index (χ3n) is 5.83. The van der Waals surface area contributed by atoms with E-state index in [0.717, 1.165) is 52.9 Å². The number of carbonyl (C=O) groups excluding carboxylic acids is 1. The van der Waals surface area contributed by atoms with E-state index < -0.39 is 0 Å². The third-order valence-corrected chi connectivity index (χ3v) is 6.83. The monoisotopic (exact) mass is 396 g/mol. The fourth-order valence-corrected chi connectivity index (χ4v) is 5.11. The second-order valence-corrected chi connectivity index (χ2v) is 8.64. The summed E-state index contributed by atoms with van der Waals surface area (Å²) in [7, 11) is 0. The van der Waals surface area contributed by atoms with Crippen LogP contribution in [0.2, 0.25) is 0 Å². The average Bonchev–Trinajstić information content (AvgIpc) is 3.33. The van der Waals surface area contributed by atoms with Crippen molar-refractivity contribution in [3.8, 4) is 17.0 Å². The molecule has 1 saturated carbocycles. The summed E-state index contributed by atoms with van der Waals surface area (Å²) in [5.41, 5.74) is 3.88. The molecular formula is C22H21FN2O2S. The average molecular weight is 396 g/mol. The van der Waals surface area contributed by atoms with E-state index in [4.69, 9.17) is 9.72 Å². The molecule has 2 atom stereocenters. The van der Waals surface area contributed by atoms with Crippen molar-refractivity contribution in [1.29, 1.82) is 0 Å². The van der Waals surface area contributed by atoms with Crippen LogP contribution in [0.25, 0.3) is 21.3 Å². The van der Waals surface area contributed by atoms with Crippen LogP contribution < -0.4 is 10.1 Å². The lowest BCUT2D eigenvalue weighted by atomic mass is 9.93. The van der Waals surface area contributed by atoms with E-state index in [9.17, 15) is 9.18 Å². The quantitative estimate of drug-likeness (QED) is 0.607. The zero-order valence-corrected chi connectivity index (χ0v) is 16.4. The van der Waals surface area contributed by atoms with E-state index >= 15 is 0 Å². The minimum absolute atomic E-state index is 0.198. The van der Waals surface area contributed by atoms with Gasteiger partial charge in [-0.05, 0) is 30.9 Å². The molecule has 1 aromatic carbocycles. The maximum absolute atomic E-state index is 14.2. The van der Waals surface area contributed by atoms with Crippen molar-refractivity contribution in [2.24, 2.45) is 5.92 Å². The predicted molar refractivity (Wildman–Crippen MR) is 108 cm³/mol. The summed E-state index contributed by atoms with van der Waals surface area (Å²) in [6, 6.07) is 7.32. The van der Waals surface area contributed by atoms with E-state index in [1.807, 2.05) is 11.4 Å². The topological polar surface area (TPSA) is 51.2 Å². The molecule has 5 rings (SSSR count). The van der Waals surface area contributed by atoms with Gasteiger partial charge in [0.05, 0.1) is 11.3 Å². The van der Waals surface area contributed by atoms with Gasteiger partial charge in [0.15, 0.2) is 0 Å². The van der Waals surface area contributed by atoms with Gasteiger partial charge in [0.2, 0.25) is 6.41 Å². The van der Waals surface area contributed by atoms with E-state index in [-0.39, 0.29) is 17.7 Å². The van der Waals surface area contributed by atoms with E-state index in [2.05, 4.69) is 18.3 Å². The lowest BCUT2D eigenvalue weighted by molar-refractivity contribution is -0.109. The second kappa shape index (κ2) is 6.85. The van der Waals surface area contributed by atoms with Crippen LogP contribution in [0, 0.1) is 11.7 Å². The summed E-state index contributed by atoms with van der Waals surface area (Å²) < 4.78 is 20.9. The number of carbonyl (C=O) groups is 1. The van der Waals surface area contributed by atoms with Crippen LogP contribution >= 0.6 is 11.3 Å². The van der Waals surface area contributed by atoms with Crippen molar-refractivity contribution in [2.45, 2.75) is 31.6 Å². The zero-order valence-electron chi connectivity index (χ0n) is 15.6. The van der Waals surface area contributed by atoms with Gasteiger partial charge in [0.25, 0.3) is 0 Å². The smallest absolute Gasteiger partial charge is 0.207 e. The maximum Gasteiger partial charge on any atom is 0.207 e. The standard InChI is InChI=1S/C22H21FN2O2S/c1-12-9-27-21-15(12)7-19(16(8-24-11-26)13-5-6-13)25-20(21)17-10-28-22-14(17)3-2-4-18(22)23/h2-4,7,10-13,16H,5-6,8-9H2,1H3,(H,24,26). The number of rotatable bonds is 6. The molecule has 144 valence electrons. The number of benzene rings is 1. The first-order valence-corrected chi connectivity index (χ1v) is 10.6. The Morgan fingerprint density at radius 1 is 1.43 bits per heavy atom. The molecular weight excluding hydrogens is 375 g/mol. The van der Waals surface area contributed by atoms with Crippen LogP contribution in [0.15, 0.2) is 29.6 Å². The minimum atomic E-state index is -0.207. The molecule has 0 saturated heterocycles. The molecule has 2 unspecified atom stereocenters. The number of amides is 1. The Bertz CT molecular complexity index is 1060. The van der Waals surface area contributed by atoms with E-state index in [0.29, 0.717) is 23.8 Å². The number of hydrogen-bond donors (Lipinski definition) is 1. The lowest BCUT2D eigenvalue weighted by Crippen LogP contribution is -2.22. The molecule has 28 heavy (non-hydrogen) atoms. The van der Waals surface area contributed by atoms with Gasteiger partial charge in [0.1, 0.15) is 17.3 Å². The molecule has 1 aliphatic carbocycles. The first kappa shape index (κ1) is 17.6. The summed E-state index contributed by atoms with van der Waals surface area (Å²) in [6.45, 7) is 3.37. The molecule has 1 fully saturated rings. The van der Waals surface area contributed by atoms with Crippen molar-refractivity contribution in [3.63, 3.8) is 0 Å². The highest BCUT2D eigenvalue weighted by molar-refractivity contribution is 7.17. The molecule has 0 spiro atoms. The summed E-state index contributed by atoms with van der Waals surface area (Å²) in [6.07, 6.45) is 3.08. The second-order valence-electron chi connectivity index (χ2n) is 7.76. The number of thiophene rings is 1. The van der Waals surface area contributed by atoms with E-state index in [1.54, 1.807) is 6.07 Å². The molecule has 3 aromatic rings. The van der Waals surface area contributed by atoms with E-state index in [1.165, 1.54) is 17.4 Å². The van der Waals surface area contributed by atoms with Gasteiger partial charge >= 0.3 is 0 Å². The number of ether oxygens (including phenoxy) is 1. The number of hydrogen-bond acceptors (Lipinski definition) is 4. The van der Waals surface area contributed by atoms with Gasteiger partial charge in [-0.3, -0.25) is 4.79 Å². The molecule has 1 aliphatic heterocycles. The highest BCUT2D eigenvalue weighted by atomic mass is 32.1. The van der Waals surface area contributed by atoms with Gasteiger partial charge in [-0.25, -0.2) is 9.37 Å². The maximum atomic E-state index is 14.2. The summed E-state index contributed by atoms with van der Waals surface area (Å²) in [4.78, 5) is 15.9. The predicted octanol–water partition coefficient (Wildman–Crippen LogP) is 4.84. The van der Waals surface area contributed by atoms with Crippen LogP contribution in [0.4, 0.5) is 4.39 Å². The number of pyridine rings is 1. The summed E-state index contributed by atoms with van der Waals surface area (Å²) in [5, 5.41) is 5.68. The highest BCUT2D eigenvalue weighted by Gasteiger charge is 2.35. The molecule has 2 aromatic heterocycles. The Kier molecular flexibility index (Phi) is 4.31. The first-order chi connectivity index (χ1) is 13.7. The van der Waals surface area contributed by atoms with Gasteiger partial charge in [0, 0.05) is 46.0 Å². The first-order valence-electron chi connectivity index (χ1n) is 9.68. The third kappa shape index (κ3) is 2.87. The fraction of sp³-hybridized carbons (Fsp3) is 0.364. The highest BCUT2D eigenvalue weighted by Crippen LogP contribution is 2.48. The Morgan fingerprint density at radius 3 is 3.07 bits per heavy atom. The van der Waals surface area contributed by atoms with Crippen LogP contribution in [-0.2, 0) is 4.79 Å². The van der Waals surface area contributed by atoms with Gasteiger partial charge in [-0.15, -0.1) is 11.3 Å². The number of nitrogens with zero attached hydrogens (tertiary/aromatic N) is 1. The van der Waals surface area contributed by atoms with Crippen LogP contribution in [0.1, 0.15) is 42.9 Å². The minimum Gasteiger partial charge on any atom is -0.490 e. The van der Waals surface area contributed by atoms with Crippen molar-refractivity contribution in [1.82, 2.24) is 10.3 Å². The molecule has 4 nitrogen and oxygen atoms in total. The SMILES string of the molecule is CC1COc2c1cc(C(CNC=O)C1CC1)nc2-c1csc2c(F)cccc12.